The summed E-state index contributed by atoms with van der Waals surface area (Å²) in [4.78, 5) is 0. The van der Waals surface area contributed by atoms with E-state index in [9.17, 15) is 0 Å². The van der Waals surface area contributed by atoms with Gasteiger partial charge in [0.15, 0.2) is 0 Å². The molecule has 0 atom stereocenters. The van der Waals surface area contributed by atoms with Crippen LogP contribution in [0, 0.1) is 0 Å². The highest BCUT2D eigenvalue weighted by Gasteiger charge is 2.39. The quantitative estimate of drug-likeness (QED) is 0.175. The molecule has 0 bridgehead atoms. The third-order valence-corrected chi connectivity index (χ3v) is 10.8. The minimum absolute atomic E-state index is 0.168. The van der Waals surface area contributed by atoms with E-state index in [1.165, 1.54) is 83.3 Å². The van der Waals surface area contributed by atoms with Crippen LogP contribution in [0.3, 0.4) is 0 Å². The molecule has 2 nitrogen and oxygen atoms in total. The van der Waals surface area contributed by atoms with E-state index < -0.39 is 0 Å². The summed E-state index contributed by atoms with van der Waals surface area (Å²) in [5.74, 6) is 0. The molecule has 0 aliphatic carbocycles. The van der Waals surface area contributed by atoms with E-state index in [1.54, 1.807) is 0 Å². The van der Waals surface area contributed by atoms with Crippen LogP contribution >= 0.6 is 0 Å². The summed E-state index contributed by atoms with van der Waals surface area (Å²) < 4.78 is 4.97. The lowest BCUT2D eigenvalue weighted by Gasteiger charge is -2.21. The molecule has 51 heavy (non-hydrogen) atoms. The van der Waals surface area contributed by atoms with E-state index in [-0.39, 0.29) is 5.41 Å². The first-order valence-electron chi connectivity index (χ1n) is 17.8. The van der Waals surface area contributed by atoms with Gasteiger partial charge in [0.25, 0.3) is 0 Å². The SMILES string of the molecule is CC1(C)c2ccccc2-n2cc3c4ccccc4n(-c4cc(-c5cccc(-c6ccccc6)c5)cc(-c5cccc(-c6ccccc6)c5)c4)c3c21. The molecule has 2 heteroatoms. The molecule has 1 aliphatic heterocycles. The molecule has 2 aromatic heterocycles. The van der Waals surface area contributed by atoms with Crippen molar-refractivity contribution in [3.05, 3.63) is 193 Å². The Balaban J connectivity index is 1.25. The molecule has 0 radical (unpaired) electrons. The minimum atomic E-state index is -0.168. The van der Waals surface area contributed by atoms with Crippen LogP contribution in [0.15, 0.2) is 182 Å². The van der Waals surface area contributed by atoms with Gasteiger partial charge in [0.05, 0.1) is 16.7 Å². The summed E-state index contributed by atoms with van der Waals surface area (Å²) in [6.07, 6.45) is 2.37. The van der Waals surface area contributed by atoms with Crippen LogP contribution in [0.2, 0.25) is 0 Å². The second-order valence-corrected chi connectivity index (χ2v) is 14.3. The Kier molecular flexibility index (Phi) is 6.56. The second-order valence-electron chi connectivity index (χ2n) is 14.3. The lowest BCUT2D eigenvalue weighted by atomic mass is 9.83. The number of para-hydroxylation sites is 2. The monoisotopic (exact) mass is 652 g/mol. The second kappa shape index (κ2) is 11.3. The lowest BCUT2D eigenvalue weighted by molar-refractivity contribution is 0.646. The Morgan fingerprint density at radius 2 is 0.902 bits per heavy atom. The number of hydrogen-bond acceptors (Lipinski definition) is 0. The normalized spacial score (nSPS) is 13.1. The van der Waals surface area contributed by atoms with Crippen molar-refractivity contribution in [3.8, 4) is 55.9 Å². The number of fused-ring (bicyclic) bond motifs is 7. The maximum absolute atomic E-state index is 2.53. The van der Waals surface area contributed by atoms with Crippen molar-refractivity contribution in [1.82, 2.24) is 9.13 Å². The summed E-state index contributed by atoms with van der Waals surface area (Å²) in [7, 11) is 0. The van der Waals surface area contributed by atoms with Crippen molar-refractivity contribution in [2.75, 3.05) is 0 Å². The summed E-state index contributed by atoms with van der Waals surface area (Å²) >= 11 is 0. The van der Waals surface area contributed by atoms with E-state index in [1.807, 2.05) is 0 Å². The van der Waals surface area contributed by atoms with E-state index in [2.05, 4.69) is 205 Å². The van der Waals surface area contributed by atoms with Crippen molar-refractivity contribution in [2.24, 2.45) is 0 Å². The van der Waals surface area contributed by atoms with Crippen molar-refractivity contribution in [1.29, 1.82) is 0 Å². The molecular weight excluding hydrogens is 617 g/mol. The average molecular weight is 653 g/mol. The molecule has 242 valence electrons. The van der Waals surface area contributed by atoms with Crippen LogP contribution < -0.4 is 0 Å². The van der Waals surface area contributed by atoms with Gasteiger partial charge in [0.1, 0.15) is 0 Å². The highest BCUT2D eigenvalue weighted by atomic mass is 15.1. The third kappa shape index (κ3) is 4.64. The molecule has 0 fully saturated rings. The topological polar surface area (TPSA) is 9.86 Å². The van der Waals surface area contributed by atoms with E-state index in [4.69, 9.17) is 0 Å². The van der Waals surface area contributed by atoms with Crippen molar-refractivity contribution >= 4 is 21.8 Å². The fourth-order valence-corrected chi connectivity index (χ4v) is 8.42. The molecule has 9 aromatic rings. The average Bonchev–Trinajstić information content (AvgIpc) is 3.81. The number of aromatic nitrogens is 2. The van der Waals surface area contributed by atoms with Crippen molar-refractivity contribution in [2.45, 2.75) is 19.3 Å². The Morgan fingerprint density at radius 3 is 1.53 bits per heavy atom. The van der Waals surface area contributed by atoms with Gasteiger partial charge >= 0.3 is 0 Å². The standard InChI is InChI=1S/C49H36N2/c1-49(2)44-24-10-12-26-46(44)50-32-43-42-23-9-11-25-45(42)51(47(43)48(49)50)41-30-39(37-21-13-19-35(27-37)33-15-5-3-6-16-33)29-40(31-41)38-22-14-20-36(28-38)34-17-7-4-8-18-34/h3-32H,1-2H3. The van der Waals surface area contributed by atoms with Gasteiger partial charge in [-0.25, -0.2) is 0 Å². The van der Waals surface area contributed by atoms with Gasteiger partial charge in [0, 0.05) is 33.8 Å². The summed E-state index contributed by atoms with van der Waals surface area (Å²) in [5.41, 5.74) is 17.1. The van der Waals surface area contributed by atoms with Crippen molar-refractivity contribution in [3.63, 3.8) is 0 Å². The maximum atomic E-state index is 2.53. The lowest BCUT2D eigenvalue weighted by Crippen LogP contribution is -2.16. The number of benzene rings is 7. The summed E-state index contributed by atoms with van der Waals surface area (Å²) in [5, 5.41) is 2.55. The largest absolute Gasteiger partial charge is 0.317 e. The first kappa shape index (κ1) is 29.5. The highest BCUT2D eigenvalue weighted by molar-refractivity contribution is 6.11. The molecular formula is C49H36N2. The van der Waals surface area contributed by atoms with Gasteiger partial charge in [0.2, 0.25) is 0 Å². The van der Waals surface area contributed by atoms with Crippen LogP contribution in [0.4, 0.5) is 0 Å². The molecule has 1 aliphatic rings. The highest BCUT2D eigenvalue weighted by Crippen LogP contribution is 2.49. The Hall–Kier alpha value is -6.38. The Morgan fingerprint density at radius 1 is 0.412 bits per heavy atom. The fraction of sp³-hybridized carbons (Fsp3) is 0.0612. The van der Waals surface area contributed by atoms with E-state index in [0.29, 0.717) is 0 Å². The number of hydrogen-bond donors (Lipinski definition) is 0. The first-order chi connectivity index (χ1) is 25.0. The predicted molar refractivity (Wildman–Crippen MR) is 214 cm³/mol. The van der Waals surface area contributed by atoms with Gasteiger partial charge in [-0.2, -0.15) is 0 Å². The number of rotatable bonds is 5. The van der Waals surface area contributed by atoms with Crippen molar-refractivity contribution < 1.29 is 0 Å². The summed E-state index contributed by atoms with van der Waals surface area (Å²) in [6, 6.07) is 64.2. The van der Waals surface area contributed by atoms with Gasteiger partial charge in [-0.05, 0) is 92.5 Å². The molecule has 0 spiro atoms. The van der Waals surface area contributed by atoms with Gasteiger partial charge in [-0.3, -0.25) is 0 Å². The van der Waals surface area contributed by atoms with Crippen LogP contribution in [0.25, 0.3) is 77.7 Å². The Bertz CT molecular complexity index is 2660. The van der Waals surface area contributed by atoms with Crippen LogP contribution in [-0.4, -0.2) is 9.13 Å². The third-order valence-electron chi connectivity index (χ3n) is 10.8. The van der Waals surface area contributed by atoms with E-state index in [0.717, 1.165) is 5.69 Å². The first-order valence-corrected chi connectivity index (χ1v) is 17.8. The van der Waals surface area contributed by atoms with Gasteiger partial charge < -0.3 is 9.13 Å². The zero-order chi connectivity index (χ0) is 34.1. The molecule has 0 saturated carbocycles. The number of nitrogens with zero attached hydrogens (tertiary/aromatic N) is 2. The van der Waals surface area contributed by atoms with Gasteiger partial charge in [-0.1, -0.05) is 147 Å². The van der Waals surface area contributed by atoms with Crippen LogP contribution in [0.5, 0.6) is 0 Å². The maximum Gasteiger partial charge on any atom is 0.0763 e. The molecule has 0 saturated heterocycles. The predicted octanol–water partition coefficient (Wildman–Crippen LogP) is 12.9. The molecule has 0 unspecified atom stereocenters. The van der Waals surface area contributed by atoms with Crippen LogP contribution in [0.1, 0.15) is 25.1 Å². The molecule has 10 rings (SSSR count). The van der Waals surface area contributed by atoms with Crippen LogP contribution in [-0.2, 0) is 5.41 Å². The minimum Gasteiger partial charge on any atom is -0.317 e. The zero-order valence-corrected chi connectivity index (χ0v) is 28.7. The molecule has 0 N–H and O–H groups in total. The Labute approximate surface area is 298 Å². The molecule has 7 aromatic carbocycles. The fourth-order valence-electron chi connectivity index (χ4n) is 8.42. The van der Waals surface area contributed by atoms with E-state index >= 15 is 0 Å². The van der Waals surface area contributed by atoms with Gasteiger partial charge in [-0.15, -0.1) is 0 Å². The smallest absolute Gasteiger partial charge is 0.0763 e. The summed E-state index contributed by atoms with van der Waals surface area (Å²) in [6.45, 7) is 4.75. The molecule has 3 heterocycles. The molecule has 0 amide bonds. The zero-order valence-electron chi connectivity index (χ0n) is 28.7.